The normalized spacial score (nSPS) is 10.7. The topological polar surface area (TPSA) is 17.1 Å². The predicted molar refractivity (Wildman–Crippen MR) is 74.7 cm³/mol. The first-order chi connectivity index (χ1) is 9.70. The highest BCUT2D eigenvalue weighted by molar-refractivity contribution is 6.01. The maximum absolute atomic E-state index is 13.8. The molecule has 0 spiro atoms. The van der Waals surface area contributed by atoms with Crippen molar-refractivity contribution in [3.05, 3.63) is 71.8 Å². The van der Waals surface area contributed by atoms with Crippen LogP contribution in [0.3, 0.4) is 0 Å². The van der Waals surface area contributed by atoms with Crippen molar-refractivity contribution >= 4 is 17.1 Å². The summed E-state index contributed by atoms with van der Waals surface area (Å²) in [5.41, 5.74) is 1.49. The van der Waals surface area contributed by atoms with Crippen molar-refractivity contribution in [2.75, 3.05) is 0 Å². The summed E-state index contributed by atoms with van der Waals surface area (Å²) in [6.07, 6.45) is 0.674. The predicted octanol–water partition coefficient (Wildman–Crippen LogP) is 4.60. The summed E-state index contributed by atoms with van der Waals surface area (Å²) >= 11 is 0. The summed E-state index contributed by atoms with van der Waals surface area (Å²) in [7, 11) is 0. The van der Waals surface area contributed by atoms with Crippen molar-refractivity contribution in [3.63, 3.8) is 0 Å². The molecule has 0 unspecified atom stereocenters. The number of hydrogen-bond acceptors (Lipinski definition) is 1. The SMILES string of the molecule is O=Cc1ccc(F)cc1-c1ccc(F)c2ccccc12. The fourth-order valence-electron chi connectivity index (χ4n) is 2.36. The maximum Gasteiger partial charge on any atom is 0.150 e. The van der Waals surface area contributed by atoms with Crippen molar-refractivity contribution in [3.8, 4) is 11.1 Å². The van der Waals surface area contributed by atoms with Gasteiger partial charge in [-0.05, 0) is 40.8 Å². The molecule has 1 nitrogen and oxygen atoms in total. The Bertz CT molecular complexity index is 809. The molecule has 98 valence electrons. The molecular formula is C17H10F2O. The van der Waals surface area contributed by atoms with Gasteiger partial charge in [0.05, 0.1) is 0 Å². The van der Waals surface area contributed by atoms with E-state index in [1.165, 1.54) is 24.3 Å². The molecule has 0 aromatic heterocycles. The lowest BCUT2D eigenvalue weighted by molar-refractivity contribution is 0.112. The molecule has 20 heavy (non-hydrogen) atoms. The van der Waals surface area contributed by atoms with Gasteiger partial charge in [-0.15, -0.1) is 0 Å². The van der Waals surface area contributed by atoms with Gasteiger partial charge < -0.3 is 0 Å². The molecule has 0 saturated heterocycles. The van der Waals surface area contributed by atoms with Gasteiger partial charge >= 0.3 is 0 Å². The zero-order chi connectivity index (χ0) is 14.1. The lowest BCUT2D eigenvalue weighted by Gasteiger charge is -2.10. The third-order valence-electron chi connectivity index (χ3n) is 3.30. The maximum atomic E-state index is 13.8. The van der Waals surface area contributed by atoms with Gasteiger partial charge in [0.15, 0.2) is 6.29 Å². The molecule has 0 saturated carbocycles. The van der Waals surface area contributed by atoms with Crippen LogP contribution >= 0.6 is 0 Å². The molecule has 0 fully saturated rings. The third kappa shape index (κ3) is 1.97. The first kappa shape index (κ1) is 12.5. The number of halogens is 2. The lowest BCUT2D eigenvalue weighted by Crippen LogP contribution is -1.91. The number of carbonyl (C=O) groups is 1. The minimum Gasteiger partial charge on any atom is -0.298 e. The van der Waals surface area contributed by atoms with Crippen LogP contribution in [0, 0.1) is 11.6 Å². The monoisotopic (exact) mass is 268 g/mol. The van der Waals surface area contributed by atoms with Gasteiger partial charge in [-0.2, -0.15) is 0 Å². The Morgan fingerprint density at radius 1 is 0.800 bits per heavy atom. The van der Waals surface area contributed by atoms with E-state index in [1.54, 1.807) is 30.3 Å². The van der Waals surface area contributed by atoms with E-state index in [1.807, 2.05) is 0 Å². The van der Waals surface area contributed by atoms with E-state index in [-0.39, 0.29) is 5.82 Å². The van der Waals surface area contributed by atoms with Gasteiger partial charge in [-0.3, -0.25) is 4.79 Å². The van der Waals surface area contributed by atoms with Gasteiger partial charge in [0.25, 0.3) is 0 Å². The molecule has 0 heterocycles. The standard InChI is InChI=1S/C17H10F2O/c18-12-6-5-11(10-20)16(9-12)14-7-8-17(19)15-4-2-1-3-13(14)15/h1-10H. The van der Waals surface area contributed by atoms with Crippen LogP contribution in [0.25, 0.3) is 21.9 Å². The zero-order valence-electron chi connectivity index (χ0n) is 10.4. The van der Waals surface area contributed by atoms with Gasteiger partial charge in [0.2, 0.25) is 0 Å². The largest absolute Gasteiger partial charge is 0.298 e. The van der Waals surface area contributed by atoms with E-state index >= 15 is 0 Å². The van der Waals surface area contributed by atoms with E-state index in [0.717, 1.165) is 0 Å². The number of rotatable bonds is 2. The first-order valence-corrected chi connectivity index (χ1v) is 6.13. The number of carbonyl (C=O) groups excluding carboxylic acids is 1. The van der Waals surface area contributed by atoms with E-state index in [2.05, 4.69) is 0 Å². The van der Waals surface area contributed by atoms with E-state index in [4.69, 9.17) is 0 Å². The molecule has 0 N–H and O–H groups in total. The highest BCUT2D eigenvalue weighted by atomic mass is 19.1. The molecule has 0 bridgehead atoms. The molecule has 0 atom stereocenters. The highest BCUT2D eigenvalue weighted by Crippen LogP contribution is 2.32. The number of benzene rings is 3. The third-order valence-corrected chi connectivity index (χ3v) is 3.30. The van der Waals surface area contributed by atoms with Crippen LogP contribution in [-0.4, -0.2) is 6.29 Å². The molecule has 3 aromatic carbocycles. The van der Waals surface area contributed by atoms with Crippen LogP contribution in [0.5, 0.6) is 0 Å². The van der Waals surface area contributed by atoms with E-state index < -0.39 is 5.82 Å². The Morgan fingerprint density at radius 3 is 2.30 bits per heavy atom. The van der Waals surface area contributed by atoms with Crippen LogP contribution < -0.4 is 0 Å². The van der Waals surface area contributed by atoms with Crippen molar-refractivity contribution in [2.24, 2.45) is 0 Å². The van der Waals surface area contributed by atoms with Crippen molar-refractivity contribution < 1.29 is 13.6 Å². The van der Waals surface area contributed by atoms with E-state index in [0.29, 0.717) is 33.7 Å². The quantitative estimate of drug-likeness (QED) is 0.621. The highest BCUT2D eigenvalue weighted by Gasteiger charge is 2.11. The second-order valence-electron chi connectivity index (χ2n) is 4.49. The van der Waals surface area contributed by atoms with Crippen LogP contribution in [-0.2, 0) is 0 Å². The molecule has 0 amide bonds. The molecule has 0 radical (unpaired) electrons. The fourth-order valence-corrected chi connectivity index (χ4v) is 2.36. The van der Waals surface area contributed by atoms with Crippen LogP contribution in [0.2, 0.25) is 0 Å². The summed E-state index contributed by atoms with van der Waals surface area (Å²) in [5.74, 6) is -0.771. The fraction of sp³-hybridized carbons (Fsp3) is 0. The van der Waals surface area contributed by atoms with Crippen LogP contribution in [0.15, 0.2) is 54.6 Å². The first-order valence-electron chi connectivity index (χ1n) is 6.13. The molecule has 3 aromatic rings. The van der Waals surface area contributed by atoms with Crippen molar-refractivity contribution in [2.45, 2.75) is 0 Å². The summed E-state index contributed by atoms with van der Waals surface area (Å²) < 4.78 is 27.3. The Kier molecular flexibility index (Phi) is 3.03. The number of aldehydes is 1. The minimum atomic E-state index is -0.431. The molecule has 0 aliphatic rings. The summed E-state index contributed by atoms with van der Waals surface area (Å²) in [5, 5.41) is 1.10. The van der Waals surface area contributed by atoms with E-state index in [9.17, 15) is 13.6 Å². The second-order valence-corrected chi connectivity index (χ2v) is 4.49. The van der Waals surface area contributed by atoms with Crippen molar-refractivity contribution in [1.29, 1.82) is 0 Å². The van der Waals surface area contributed by atoms with Crippen molar-refractivity contribution in [1.82, 2.24) is 0 Å². The minimum absolute atomic E-state index is 0.339. The average molecular weight is 268 g/mol. The summed E-state index contributed by atoms with van der Waals surface area (Å²) in [6.45, 7) is 0. The zero-order valence-corrected chi connectivity index (χ0v) is 10.4. The molecule has 3 heteroatoms. The number of fused-ring (bicyclic) bond motifs is 1. The Hall–Kier alpha value is -2.55. The Morgan fingerprint density at radius 2 is 1.55 bits per heavy atom. The van der Waals surface area contributed by atoms with Gasteiger partial charge in [-0.1, -0.05) is 30.3 Å². The van der Waals surface area contributed by atoms with Crippen LogP contribution in [0.4, 0.5) is 8.78 Å². The smallest absolute Gasteiger partial charge is 0.150 e. The Balaban J connectivity index is 2.38. The number of hydrogen-bond donors (Lipinski definition) is 0. The molecule has 0 aliphatic carbocycles. The summed E-state index contributed by atoms with van der Waals surface area (Å²) in [4.78, 5) is 11.1. The summed E-state index contributed by atoms with van der Waals surface area (Å²) in [6, 6.07) is 13.8. The van der Waals surface area contributed by atoms with Gasteiger partial charge in [0.1, 0.15) is 11.6 Å². The Labute approximate surface area is 114 Å². The van der Waals surface area contributed by atoms with Crippen LogP contribution in [0.1, 0.15) is 10.4 Å². The average Bonchev–Trinajstić information content (AvgIpc) is 2.48. The van der Waals surface area contributed by atoms with Gasteiger partial charge in [0, 0.05) is 10.9 Å². The lowest BCUT2D eigenvalue weighted by atomic mass is 9.95. The second kappa shape index (κ2) is 4.85. The molecule has 3 rings (SSSR count). The molecular weight excluding hydrogens is 258 g/mol. The molecule has 0 aliphatic heterocycles. The van der Waals surface area contributed by atoms with Gasteiger partial charge in [-0.25, -0.2) is 8.78 Å².